The van der Waals surface area contributed by atoms with E-state index in [4.69, 9.17) is 4.74 Å². The van der Waals surface area contributed by atoms with Crippen molar-refractivity contribution in [2.45, 2.75) is 26.3 Å². The molecule has 0 atom stereocenters. The first-order valence-electron chi connectivity index (χ1n) is 7.52. The average molecular weight is 293 g/mol. The fourth-order valence-electron chi connectivity index (χ4n) is 2.45. The monoisotopic (exact) mass is 293 g/mol. The van der Waals surface area contributed by atoms with E-state index in [1.165, 1.54) is 5.57 Å². The summed E-state index contributed by atoms with van der Waals surface area (Å²) in [5.41, 5.74) is 1.95. The molecule has 0 aromatic carbocycles. The van der Waals surface area contributed by atoms with Crippen molar-refractivity contribution in [3.8, 4) is 0 Å². The van der Waals surface area contributed by atoms with Crippen molar-refractivity contribution in [1.82, 2.24) is 10.3 Å². The van der Waals surface area contributed by atoms with E-state index in [-0.39, 0.29) is 5.82 Å². The Hall–Kier alpha value is -1.46. The molecule has 5 heteroatoms. The third-order valence-electron chi connectivity index (χ3n) is 3.63. The van der Waals surface area contributed by atoms with Crippen LogP contribution in [0.3, 0.4) is 0 Å². The Balaban J connectivity index is 2.05. The number of anilines is 1. The van der Waals surface area contributed by atoms with Crippen molar-refractivity contribution >= 4 is 5.82 Å². The molecular formula is C16H24FN3O. The Morgan fingerprint density at radius 1 is 1.48 bits per heavy atom. The van der Waals surface area contributed by atoms with Gasteiger partial charge < -0.3 is 15.0 Å². The Morgan fingerprint density at radius 2 is 2.33 bits per heavy atom. The largest absolute Gasteiger partial charge is 0.380 e. The predicted octanol–water partition coefficient (Wildman–Crippen LogP) is 2.50. The molecule has 1 aliphatic rings. The van der Waals surface area contributed by atoms with Crippen LogP contribution in [-0.2, 0) is 11.3 Å². The second-order valence-electron chi connectivity index (χ2n) is 5.28. The summed E-state index contributed by atoms with van der Waals surface area (Å²) in [7, 11) is 1.70. The highest BCUT2D eigenvalue weighted by molar-refractivity contribution is 5.45. The van der Waals surface area contributed by atoms with E-state index in [1.807, 2.05) is 4.90 Å². The van der Waals surface area contributed by atoms with Gasteiger partial charge in [0.05, 0.1) is 6.61 Å². The van der Waals surface area contributed by atoms with Gasteiger partial charge in [0.2, 0.25) is 0 Å². The number of hydrogen-bond donors (Lipinski definition) is 1. The molecule has 0 saturated carbocycles. The van der Waals surface area contributed by atoms with Gasteiger partial charge in [-0.3, -0.25) is 0 Å². The Kier molecular flexibility index (Phi) is 6.14. The summed E-state index contributed by atoms with van der Waals surface area (Å²) < 4.78 is 19.7. The zero-order valence-corrected chi connectivity index (χ0v) is 12.9. The Morgan fingerprint density at radius 3 is 3.00 bits per heavy atom. The fraction of sp³-hybridized carbons (Fsp3) is 0.562. The predicted molar refractivity (Wildman–Crippen MR) is 83.0 cm³/mol. The molecule has 0 bridgehead atoms. The van der Waals surface area contributed by atoms with Crippen LogP contribution >= 0.6 is 0 Å². The molecule has 1 aromatic rings. The number of methoxy groups -OCH3 is 1. The molecular weight excluding hydrogens is 269 g/mol. The number of halogens is 1. The number of hydrogen-bond acceptors (Lipinski definition) is 4. The van der Waals surface area contributed by atoms with Gasteiger partial charge in [0.15, 0.2) is 11.6 Å². The molecule has 4 nitrogen and oxygen atoms in total. The van der Waals surface area contributed by atoms with Gasteiger partial charge in [0.1, 0.15) is 0 Å². The lowest BCUT2D eigenvalue weighted by Gasteiger charge is -2.28. The molecule has 0 saturated heterocycles. The van der Waals surface area contributed by atoms with Crippen LogP contribution in [0.2, 0.25) is 0 Å². The zero-order chi connectivity index (χ0) is 15.1. The molecule has 2 heterocycles. The minimum absolute atomic E-state index is 0.204. The van der Waals surface area contributed by atoms with E-state index in [9.17, 15) is 4.39 Å². The molecule has 1 aliphatic heterocycles. The van der Waals surface area contributed by atoms with Crippen LogP contribution in [0.25, 0.3) is 0 Å². The molecule has 2 rings (SSSR count). The molecule has 0 radical (unpaired) electrons. The highest BCUT2D eigenvalue weighted by Gasteiger charge is 2.18. The first kappa shape index (κ1) is 15.9. The smallest absolute Gasteiger partial charge is 0.170 e. The summed E-state index contributed by atoms with van der Waals surface area (Å²) in [5, 5.41) is 3.23. The van der Waals surface area contributed by atoms with Crippen molar-refractivity contribution in [2.24, 2.45) is 0 Å². The molecule has 0 spiro atoms. The molecule has 1 aromatic heterocycles. The number of aromatic nitrogens is 1. The number of rotatable bonds is 7. The van der Waals surface area contributed by atoms with E-state index in [1.54, 1.807) is 19.4 Å². The molecule has 0 fully saturated rings. The maximum atomic E-state index is 14.5. The van der Waals surface area contributed by atoms with Crippen LogP contribution in [0.4, 0.5) is 10.2 Å². The van der Waals surface area contributed by atoms with E-state index < -0.39 is 0 Å². The molecule has 0 aliphatic carbocycles. The first-order chi connectivity index (χ1) is 10.3. The van der Waals surface area contributed by atoms with E-state index in [2.05, 4.69) is 23.3 Å². The number of ether oxygens (including phenoxy) is 1. The lowest BCUT2D eigenvalue weighted by molar-refractivity contribution is 0.222. The number of nitrogens with zero attached hydrogens (tertiary/aromatic N) is 2. The summed E-state index contributed by atoms with van der Waals surface area (Å²) >= 11 is 0. The molecule has 1 N–H and O–H groups in total. The van der Waals surface area contributed by atoms with Gasteiger partial charge in [-0.05, 0) is 31.0 Å². The van der Waals surface area contributed by atoms with Crippen molar-refractivity contribution in [1.29, 1.82) is 0 Å². The SMILES string of the molecule is CCCNCc1ccnc(N2CC=C(COC)CC2)c1F. The van der Waals surface area contributed by atoms with E-state index in [0.717, 1.165) is 25.9 Å². The van der Waals surface area contributed by atoms with Crippen LogP contribution in [-0.4, -0.2) is 38.3 Å². The summed E-state index contributed by atoms with van der Waals surface area (Å²) in [6.45, 7) is 5.67. The van der Waals surface area contributed by atoms with Crippen molar-refractivity contribution < 1.29 is 9.13 Å². The van der Waals surface area contributed by atoms with Crippen molar-refractivity contribution in [3.05, 3.63) is 35.3 Å². The quantitative estimate of drug-likeness (QED) is 0.619. The lowest BCUT2D eigenvalue weighted by atomic mass is 10.1. The van der Waals surface area contributed by atoms with Crippen LogP contribution in [0, 0.1) is 5.82 Å². The lowest BCUT2D eigenvalue weighted by Crippen LogP contribution is -2.31. The fourth-order valence-corrected chi connectivity index (χ4v) is 2.45. The van der Waals surface area contributed by atoms with Crippen LogP contribution in [0.15, 0.2) is 23.9 Å². The highest BCUT2D eigenvalue weighted by atomic mass is 19.1. The number of nitrogens with one attached hydrogen (secondary N) is 1. The second kappa shape index (κ2) is 8.10. The van der Waals surface area contributed by atoms with Gasteiger partial charge in [0.25, 0.3) is 0 Å². The molecule has 0 amide bonds. The Bertz CT molecular complexity index is 490. The summed E-state index contributed by atoms with van der Waals surface area (Å²) in [5.74, 6) is 0.253. The van der Waals surface area contributed by atoms with Crippen molar-refractivity contribution in [3.63, 3.8) is 0 Å². The maximum absolute atomic E-state index is 14.5. The van der Waals surface area contributed by atoms with Crippen LogP contribution in [0.1, 0.15) is 25.3 Å². The standard InChI is InChI=1S/C16H24FN3O/c1-3-7-18-11-14-4-8-19-16(15(14)17)20-9-5-13(6-10-20)12-21-2/h4-5,8,18H,3,6-7,9-12H2,1-2H3. The van der Waals surface area contributed by atoms with Gasteiger partial charge in [-0.1, -0.05) is 13.0 Å². The summed E-state index contributed by atoms with van der Waals surface area (Å²) in [6, 6.07) is 1.75. The summed E-state index contributed by atoms with van der Waals surface area (Å²) in [4.78, 5) is 6.21. The van der Waals surface area contributed by atoms with Gasteiger partial charge in [0, 0.05) is 38.5 Å². The molecule has 21 heavy (non-hydrogen) atoms. The normalized spacial score (nSPS) is 15.2. The van der Waals surface area contributed by atoms with Gasteiger partial charge in [-0.15, -0.1) is 0 Å². The number of pyridine rings is 1. The highest BCUT2D eigenvalue weighted by Crippen LogP contribution is 2.23. The van der Waals surface area contributed by atoms with Gasteiger partial charge in [-0.25, -0.2) is 9.37 Å². The van der Waals surface area contributed by atoms with Crippen molar-refractivity contribution in [2.75, 3.05) is 38.3 Å². The van der Waals surface area contributed by atoms with Crippen LogP contribution < -0.4 is 10.2 Å². The third-order valence-corrected chi connectivity index (χ3v) is 3.63. The zero-order valence-electron chi connectivity index (χ0n) is 12.9. The summed E-state index contributed by atoms with van der Waals surface area (Å²) in [6.07, 6.45) is 5.73. The Labute approximate surface area is 126 Å². The maximum Gasteiger partial charge on any atom is 0.170 e. The first-order valence-corrected chi connectivity index (χ1v) is 7.52. The third kappa shape index (κ3) is 4.25. The molecule has 0 unspecified atom stereocenters. The topological polar surface area (TPSA) is 37.4 Å². The van der Waals surface area contributed by atoms with Crippen LogP contribution in [0.5, 0.6) is 0 Å². The van der Waals surface area contributed by atoms with E-state index >= 15 is 0 Å². The molecule has 116 valence electrons. The van der Waals surface area contributed by atoms with E-state index in [0.29, 0.717) is 31.1 Å². The average Bonchev–Trinajstić information content (AvgIpc) is 2.51. The van der Waals surface area contributed by atoms with Gasteiger partial charge in [-0.2, -0.15) is 0 Å². The minimum Gasteiger partial charge on any atom is -0.380 e. The van der Waals surface area contributed by atoms with Gasteiger partial charge >= 0.3 is 0 Å². The minimum atomic E-state index is -0.204. The second-order valence-corrected chi connectivity index (χ2v) is 5.28.